The first-order chi connectivity index (χ1) is 8.33. The average Bonchev–Trinajstić information content (AvgIpc) is 2.40. The lowest BCUT2D eigenvalue weighted by Gasteiger charge is -2.19. The van der Waals surface area contributed by atoms with Crippen molar-refractivity contribution in [2.24, 2.45) is 0 Å². The largest absolute Gasteiger partial charge is 0.486 e. The van der Waals surface area contributed by atoms with Crippen LogP contribution in [0.3, 0.4) is 0 Å². The monoisotopic (exact) mass is 273 g/mol. The van der Waals surface area contributed by atoms with Gasteiger partial charge in [-0.15, -0.1) is 12.4 Å². The summed E-state index contributed by atoms with van der Waals surface area (Å²) in [6.45, 7) is 4.18. The zero-order valence-electron chi connectivity index (χ0n) is 10.5. The van der Waals surface area contributed by atoms with E-state index in [1.165, 1.54) is 0 Å². The van der Waals surface area contributed by atoms with Crippen LogP contribution in [0.1, 0.15) is 18.9 Å². The molecule has 2 rings (SSSR count). The topological polar surface area (TPSA) is 50.7 Å². The summed E-state index contributed by atoms with van der Waals surface area (Å²) < 4.78 is 11.0. The van der Waals surface area contributed by atoms with E-state index >= 15 is 0 Å². The van der Waals surface area contributed by atoms with E-state index < -0.39 is 0 Å². The molecular formula is C13H20ClNO3. The predicted molar refractivity (Wildman–Crippen MR) is 72.7 cm³/mol. The van der Waals surface area contributed by atoms with Crippen molar-refractivity contribution >= 4 is 12.4 Å². The second-order valence-corrected chi connectivity index (χ2v) is 4.15. The number of hydrogen-bond acceptors (Lipinski definition) is 4. The number of aliphatic hydroxyl groups is 1. The first-order valence-corrected chi connectivity index (χ1v) is 6.06. The Morgan fingerprint density at radius 1 is 1.28 bits per heavy atom. The van der Waals surface area contributed by atoms with Crippen molar-refractivity contribution in [3.05, 3.63) is 23.8 Å². The van der Waals surface area contributed by atoms with Gasteiger partial charge in [-0.1, -0.05) is 13.0 Å². The van der Waals surface area contributed by atoms with Gasteiger partial charge in [0.05, 0.1) is 6.61 Å². The molecule has 0 saturated carbocycles. The highest BCUT2D eigenvalue weighted by Crippen LogP contribution is 2.30. The molecule has 0 amide bonds. The molecule has 0 saturated heterocycles. The number of hydrogen-bond donors (Lipinski definition) is 2. The lowest BCUT2D eigenvalue weighted by atomic mass is 10.1. The Bertz CT molecular complexity index is 369. The minimum absolute atomic E-state index is 0. The van der Waals surface area contributed by atoms with E-state index in [9.17, 15) is 0 Å². The molecular weight excluding hydrogens is 254 g/mol. The molecule has 4 nitrogen and oxygen atoms in total. The van der Waals surface area contributed by atoms with E-state index in [0.29, 0.717) is 13.2 Å². The van der Waals surface area contributed by atoms with Gasteiger partial charge < -0.3 is 19.9 Å². The first-order valence-electron chi connectivity index (χ1n) is 6.06. The highest BCUT2D eigenvalue weighted by Gasteiger charge is 2.12. The smallest absolute Gasteiger partial charge is 0.161 e. The summed E-state index contributed by atoms with van der Waals surface area (Å²) in [5.74, 6) is 1.63. The van der Waals surface area contributed by atoms with Crippen LogP contribution < -0.4 is 14.8 Å². The molecule has 1 aromatic rings. The lowest BCUT2D eigenvalue weighted by Crippen LogP contribution is -2.31. The van der Waals surface area contributed by atoms with Crippen molar-refractivity contribution < 1.29 is 14.6 Å². The number of aliphatic hydroxyl groups excluding tert-OH is 1. The third kappa shape index (κ3) is 3.77. The van der Waals surface area contributed by atoms with Crippen molar-refractivity contribution in [2.45, 2.75) is 25.9 Å². The Morgan fingerprint density at radius 3 is 2.67 bits per heavy atom. The summed E-state index contributed by atoms with van der Waals surface area (Å²) in [5.41, 5.74) is 1.14. The molecule has 0 aromatic heterocycles. The Balaban J connectivity index is 0.00000162. The van der Waals surface area contributed by atoms with Crippen molar-refractivity contribution in [2.75, 3.05) is 19.8 Å². The van der Waals surface area contributed by atoms with Gasteiger partial charge in [0.25, 0.3) is 0 Å². The third-order valence-electron chi connectivity index (χ3n) is 2.91. The van der Waals surface area contributed by atoms with Gasteiger partial charge in [0.2, 0.25) is 0 Å². The molecule has 0 bridgehead atoms. The maximum absolute atomic E-state index is 9.09. The van der Waals surface area contributed by atoms with E-state index in [1.807, 2.05) is 18.2 Å². The number of halogens is 1. The zero-order valence-corrected chi connectivity index (χ0v) is 11.3. The summed E-state index contributed by atoms with van der Waals surface area (Å²) in [7, 11) is 0. The van der Waals surface area contributed by atoms with E-state index in [1.54, 1.807) is 0 Å². The molecule has 0 fully saturated rings. The standard InChI is InChI=1S/C13H19NO3.ClH/c1-2-11(9-15)14-8-10-3-4-12-13(7-10)17-6-5-16-12;/h3-4,7,11,14-15H,2,5-6,8-9H2,1H3;1H. The van der Waals surface area contributed by atoms with Crippen LogP contribution in [0.2, 0.25) is 0 Å². The molecule has 0 spiro atoms. The minimum atomic E-state index is 0. The maximum atomic E-state index is 9.09. The van der Waals surface area contributed by atoms with Crippen molar-refractivity contribution in [1.82, 2.24) is 5.32 Å². The van der Waals surface area contributed by atoms with Gasteiger partial charge in [0.1, 0.15) is 13.2 Å². The van der Waals surface area contributed by atoms with Gasteiger partial charge in [-0.2, -0.15) is 0 Å². The second-order valence-electron chi connectivity index (χ2n) is 4.15. The Kier molecular flexibility index (Phi) is 6.25. The van der Waals surface area contributed by atoms with Gasteiger partial charge in [0.15, 0.2) is 11.5 Å². The Morgan fingerprint density at radius 2 is 2.00 bits per heavy atom. The average molecular weight is 274 g/mol. The highest BCUT2D eigenvalue weighted by molar-refractivity contribution is 5.85. The molecule has 1 unspecified atom stereocenters. The molecule has 1 aliphatic heterocycles. The molecule has 1 aliphatic rings. The van der Waals surface area contributed by atoms with Gasteiger partial charge in [0, 0.05) is 12.6 Å². The second kappa shape index (κ2) is 7.46. The fraction of sp³-hybridized carbons (Fsp3) is 0.538. The van der Waals surface area contributed by atoms with Crippen LogP contribution in [0.4, 0.5) is 0 Å². The number of ether oxygens (including phenoxy) is 2. The first kappa shape index (κ1) is 15.1. The summed E-state index contributed by atoms with van der Waals surface area (Å²) in [6.07, 6.45) is 0.918. The molecule has 102 valence electrons. The van der Waals surface area contributed by atoms with E-state index in [0.717, 1.165) is 30.0 Å². The van der Waals surface area contributed by atoms with Crippen molar-refractivity contribution in [3.8, 4) is 11.5 Å². The maximum Gasteiger partial charge on any atom is 0.161 e. The number of nitrogens with one attached hydrogen (secondary N) is 1. The fourth-order valence-electron chi connectivity index (χ4n) is 1.80. The quantitative estimate of drug-likeness (QED) is 0.858. The zero-order chi connectivity index (χ0) is 12.1. The fourth-order valence-corrected chi connectivity index (χ4v) is 1.80. The Hall–Kier alpha value is -0.970. The molecule has 1 heterocycles. The summed E-state index contributed by atoms with van der Waals surface area (Å²) in [5, 5.41) is 12.4. The van der Waals surface area contributed by atoms with Crippen molar-refractivity contribution in [1.29, 1.82) is 0 Å². The molecule has 1 aromatic carbocycles. The van der Waals surface area contributed by atoms with Crippen LogP contribution >= 0.6 is 12.4 Å². The van der Waals surface area contributed by atoms with E-state index in [2.05, 4.69) is 12.2 Å². The van der Waals surface area contributed by atoms with Crippen LogP contribution in [0, 0.1) is 0 Å². The number of benzene rings is 1. The van der Waals surface area contributed by atoms with Gasteiger partial charge in [-0.05, 0) is 24.1 Å². The van der Waals surface area contributed by atoms with Crippen LogP contribution in [-0.2, 0) is 6.54 Å². The van der Waals surface area contributed by atoms with Gasteiger partial charge in [-0.25, -0.2) is 0 Å². The third-order valence-corrected chi connectivity index (χ3v) is 2.91. The normalized spacial score (nSPS) is 14.8. The molecule has 1 atom stereocenters. The molecule has 0 aliphatic carbocycles. The van der Waals surface area contributed by atoms with E-state index in [4.69, 9.17) is 14.6 Å². The van der Waals surface area contributed by atoms with Crippen LogP contribution in [0.15, 0.2) is 18.2 Å². The van der Waals surface area contributed by atoms with Gasteiger partial charge >= 0.3 is 0 Å². The van der Waals surface area contributed by atoms with Crippen LogP contribution in [-0.4, -0.2) is 31.0 Å². The summed E-state index contributed by atoms with van der Waals surface area (Å²) in [6, 6.07) is 6.10. The number of rotatable bonds is 5. The van der Waals surface area contributed by atoms with Gasteiger partial charge in [-0.3, -0.25) is 0 Å². The predicted octanol–water partition coefficient (Wildman–Crippen LogP) is 1.74. The Labute approximate surface area is 114 Å². The van der Waals surface area contributed by atoms with E-state index in [-0.39, 0.29) is 25.1 Å². The SMILES string of the molecule is CCC(CO)NCc1ccc2c(c1)OCCO2.Cl. The molecule has 18 heavy (non-hydrogen) atoms. The molecule has 0 radical (unpaired) electrons. The highest BCUT2D eigenvalue weighted by atomic mass is 35.5. The summed E-state index contributed by atoms with van der Waals surface area (Å²) in [4.78, 5) is 0. The number of fused-ring (bicyclic) bond motifs is 1. The molecule has 5 heteroatoms. The summed E-state index contributed by atoms with van der Waals surface area (Å²) >= 11 is 0. The van der Waals surface area contributed by atoms with Crippen LogP contribution in [0.25, 0.3) is 0 Å². The minimum Gasteiger partial charge on any atom is -0.486 e. The molecule has 2 N–H and O–H groups in total. The van der Waals surface area contributed by atoms with Crippen LogP contribution in [0.5, 0.6) is 11.5 Å². The van der Waals surface area contributed by atoms with Crippen molar-refractivity contribution in [3.63, 3.8) is 0 Å². The lowest BCUT2D eigenvalue weighted by molar-refractivity contribution is 0.171.